The maximum absolute atomic E-state index is 11.5. The van der Waals surface area contributed by atoms with E-state index in [2.05, 4.69) is 31.1 Å². The zero-order chi connectivity index (χ0) is 15.9. The predicted octanol–water partition coefficient (Wildman–Crippen LogP) is 0.573. The van der Waals surface area contributed by atoms with Crippen LogP contribution in [0.4, 0.5) is 10.6 Å². The van der Waals surface area contributed by atoms with Crippen LogP contribution in [0.5, 0.6) is 0 Å². The van der Waals surface area contributed by atoms with Crippen LogP contribution in [0.25, 0.3) is 0 Å². The van der Waals surface area contributed by atoms with Gasteiger partial charge in [0.25, 0.3) is 0 Å². The van der Waals surface area contributed by atoms with E-state index in [0.29, 0.717) is 11.3 Å². The summed E-state index contributed by atoms with van der Waals surface area (Å²) < 4.78 is 5.32. The molecule has 0 spiro atoms. The zero-order valence-electron chi connectivity index (χ0n) is 11.6. The van der Waals surface area contributed by atoms with Gasteiger partial charge in [-0.25, -0.2) is 4.79 Å². The average Bonchev–Trinajstić information content (AvgIpc) is 3.31. The topological polar surface area (TPSA) is 178 Å². The molecule has 1 aromatic rings. The smallest absolute Gasteiger partial charge is 0.366 e. The van der Waals surface area contributed by atoms with Crippen molar-refractivity contribution in [1.29, 1.82) is 5.41 Å². The van der Waals surface area contributed by atoms with Crippen LogP contribution < -0.4 is 16.9 Å². The van der Waals surface area contributed by atoms with Crippen molar-refractivity contribution in [2.24, 2.45) is 21.9 Å². The molecule has 1 aliphatic carbocycles. The number of nitrogens with two attached hydrogens (primary N) is 2. The number of nitrogens with zero attached hydrogens (tertiary/aromatic N) is 5. The van der Waals surface area contributed by atoms with Crippen molar-refractivity contribution in [2.75, 3.05) is 5.32 Å². The van der Waals surface area contributed by atoms with E-state index in [-0.39, 0.29) is 24.2 Å². The molecule has 11 heteroatoms. The molecule has 1 heterocycles. The number of amides is 2. The summed E-state index contributed by atoms with van der Waals surface area (Å²) in [7, 11) is 0. The molecule has 0 aliphatic heterocycles. The molecule has 0 unspecified atom stereocenters. The fourth-order valence-corrected chi connectivity index (χ4v) is 1.75. The molecule has 0 aromatic carbocycles. The van der Waals surface area contributed by atoms with E-state index >= 15 is 0 Å². The van der Waals surface area contributed by atoms with Gasteiger partial charge in [-0.2, -0.15) is 0 Å². The van der Waals surface area contributed by atoms with Gasteiger partial charge in [0.2, 0.25) is 0 Å². The third-order valence-electron chi connectivity index (χ3n) is 2.86. The summed E-state index contributed by atoms with van der Waals surface area (Å²) in [5, 5.41) is 26.8. The Kier molecular flexibility index (Phi) is 4.90. The van der Waals surface area contributed by atoms with Crippen LogP contribution in [0.15, 0.2) is 22.3 Å². The molecule has 0 saturated heterocycles. The summed E-state index contributed by atoms with van der Waals surface area (Å²) in [5.41, 5.74) is 6.81. The first-order chi connectivity index (χ1) is 10.7. The fourth-order valence-electron chi connectivity index (χ4n) is 1.75. The minimum atomic E-state index is -0.783. The van der Waals surface area contributed by atoms with Crippen molar-refractivity contribution >= 4 is 18.1 Å². The van der Waals surface area contributed by atoms with Gasteiger partial charge in [-0.3, -0.25) is 5.32 Å². The number of allylic oxidation sites excluding steroid dienone is 1. The maximum Gasteiger partial charge on any atom is 0.366 e. The standard InChI is InChI=1S/C11H15N9O2/c12-4-3-8(13)22-5-7-9(6-1-2-6)16-20-17-10(7)15-11(21)18-19-14/h3-4,6,12H,1-2,5,13H2,(H3,14,15,16,17,18,21). The number of carbonyl (C=O) groups is 1. The average molecular weight is 305 g/mol. The second-order valence-corrected chi connectivity index (χ2v) is 4.45. The zero-order valence-corrected chi connectivity index (χ0v) is 11.6. The van der Waals surface area contributed by atoms with Crippen molar-refractivity contribution < 1.29 is 9.53 Å². The SMILES string of the molecule is N=CC=C(N)OCc1c(NC(=O)N=NN)nnnc1C1CC1. The lowest BCUT2D eigenvalue weighted by Crippen LogP contribution is -2.15. The molecule has 1 saturated carbocycles. The van der Waals surface area contributed by atoms with Gasteiger partial charge in [0, 0.05) is 18.2 Å². The second kappa shape index (κ2) is 7.06. The monoisotopic (exact) mass is 305 g/mol. The van der Waals surface area contributed by atoms with Crippen LogP contribution in [-0.2, 0) is 11.3 Å². The molecule has 1 aliphatic rings. The first kappa shape index (κ1) is 15.3. The van der Waals surface area contributed by atoms with E-state index in [1.807, 2.05) is 0 Å². The van der Waals surface area contributed by atoms with Crippen LogP contribution in [0, 0.1) is 5.41 Å². The van der Waals surface area contributed by atoms with E-state index in [1.165, 1.54) is 6.08 Å². The highest BCUT2D eigenvalue weighted by molar-refractivity contribution is 5.89. The summed E-state index contributed by atoms with van der Waals surface area (Å²) in [6, 6.07) is -0.783. The molecule has 116 valence electrons. The van der Waals surface area contributed by atoms with Crippen molar-refractivity contribution in [3.05, 3.63) is 23.2 Å². The van der Waals surface area contributed by atoms with Crippen LogP contribution >= 0.6 is 0 Å². The molecule has 1 fully saturated rings. The minimum absolute atomic E-state index is 0.0277. The number of hydrogen-bond acceptors (Lipinski definition) is 8. The minimum Gasteiger partial charge on any atom is -0.474 e. The molecular weight excluding hydrogens is 290 g/mol. The Balaban J connectivity index is 2.24. The third-order valence-corrected chi connectivity index (χ3v) is 2.86. The summed E-state index contributed by atoms with van der Waals surface area (Å²) >= 11 is 0. The maximum atomic E-state index is 11.5. The molecule has 0 radical (unpaired) electrons. The normalized spacial score (nSPS) is 14.8. The van der Waals surface area contributed by atoms with Gasteiger partial charge in [0.05, 0.1) is 11.3 Å². The van der Waals surface area contributed by atoms with Crippen molar-refractivity contribution in [1.82, 2.24) is 15.4 Å². The van der Waals surface area contributed by atoms with Crippen LogP contribution in [-0.4, -0.2) is 27.7 Å². The van der Waals surface area contributed by atoms with Crippen LogP contribution in [0.3, 0.4) is 0 Å². The van der Waals surface area contributed by atoms with Crippen molar-refractivity contribution in [3.63, 3.8) is 0 Å². The molecule has 11 nitrogen and oxygen atoms in total. The summed E-state index contributed by atoms with van der Waals surface area (Å²) in [5.74, 6) is 5.30. The molecule has 2 rings (SSSR count). The summed E-state index contributed by atoms with van der Waals surface area (Å²) in [6.45, 7) is 0.0277. The van der Waals surface area contributed by atoms with Gasteiger partial charge < -0.3 is 21.7 Å². The predicted molar refractivity (Wildman–Crippen MR) is 75.7 cm³/mol. The first-order valence-corrected chi connectivity index (χ1v) is 6.38. The molecule has 0 atom stereocenters. The van der Waals surface area contributed by atoms with E-state index in [4.69, 9.17) is 21.7 Å². The Morgan fingerprint density at radius 2 is 2.27 bits per heavy atom. The molecule has 22 heavy (non-hydrogen) atoms. The van der Waals surface area contributed by atoms with Crippen molar-refractivity contribution in [2.45, 2.75) is 25.4 Å². The van der Waals surface area contributed by atoms with Gasteiger partial charge in [-0.15, -0.1) is 10.2 Å². The Morgan fingerprint density at radius 1 is 1.50 bits per heavy atom. The Bertz CT molecular complexity index is 624. The lowest BCUT2D eigenvalue weighted by atomic mass is 10.1. The molecule has 6 N–H and O–H groups in total. The molecule has 1 aromatic heterocycles. The van der Waals surface area contributed by atoms with Crippen molar-refractivity contribution in [3.8, 4) is 0 Å². The second-order valence-electron chi connectivity index (χ2n) is 4.45. The Morgan fingerprint density at radius 3 is 2.91 bits per heavy atom. The lowest BCUT2D eigenvalue weighted by Gasteiger charge is -2.12. The van der Waals surface area contributed by atoms with Gasteiger partial charge in [-0.05, 0) is 18.1 Å². The van der Waals surface area contributed by atoms with E-state index in [9.17, 15) is 4.79 Å². The van der Waals surface area contributed by atoms with E-state index in [1.54, 1.807) is 0 Å². The van der Waals surface area contributed by atoms with Crippen LogP contribution in [0.1, 0.15) is 30.0 Å². The number of hydrogen-bond donors (Lipinski definition) is 4. The number of aromatic nitrogens is 3. The molecule has 2 amide bonds. The number of ether oxygens (including phenoxy) is 1. The number of anilines is 1. The first-order valence-electron chi connectivity index (χ1n) is 6.38. The summed E-state index contributed by atoms with van der Waals surface area (Å²) in [6.07, 6.45) is 4.26. The largest absolute Gasteiger partial charge is 0.474 e. The van der Waals surface area contributed by atoms with E-state index in [0.717, 1.165) is 19.1 Å². The highest BCUT2D eigenvalue weighted by atomic mass is 16.5. The number of carbonyl (C=O) groups excluding carboxylic acids is 1. The van der Waals surface area contributed by atoms with Crippen LogP contribution in [0.2, 0.25) is 0 Å². The third kappa shape index (κ3) is 3.94. The molecule has 0 bridgehead atoms. The Hall–Kier alpha value is -3.11. The molecular formula is C11H15N9O2. The fraction of sp³-hybridized carbons (Fsp3) is 0.364. The quantitative estimate of drug-likeness (QED) is 0.195. The lowest BCUT2D eigenvalue weighted by molar-refractivity contribution is 0.195. The highest BCUT2D eigenvalue weighted by Gasteiger charge is 2.30. The number of rotatable bonds is 6. The van der Waals surface area contributed by atoms with Gasteiger partial charge in [0.15, 0.2) is 11.7 Å². The van der Waals surface area contributed by atoms with Gasteiger partial charge in [0.1, 0.15) is 6.61 Å². The van der Waals surface area contributed by atoms with Gasteiger partial charge in [-0.1, -0.05) is 10.3 Å². The summed E-state index contributed by atoms with van der Waals surface area (Å²) in [4.78, 5) is 11.5. The highest BCUT2D eigenvalue weighted by Crippen LogP contribution is 2.41. The van der Waals surface area contributed by atoms with Gasteiger partial charge >= 0.3 is 6.03 Å². The number of nitrogens with one attached hydrogen (secondary N) is 2. The Labute approximate surface area is 125 Å². The van der Waals surface area contributed by atoms with E-state index < -0.39 is 6.03 Å². The number of urea groups is 1.